The minimum Gasteiger partial charge on any atom is -0.548 e. The van der Waals surface area contributed by atoms with E-state index in [2.05, 4.69) is 9.05 Å². The van der Waals surface area contributed by atoms with E-state index >= 15 is 0 Å². The van der Waals surface area contributed by atoms with Gasteiger partial charge in [-0.2, -0.15) is 0 Å². The van der Waals surface area contributed by atoms with Crippen LogP contribution >= 0.6 is 7.82 Å². The Morgan fingerprint density at radius 1 is 1.14 bits per heavy atom. The van der Waals surface area contributed by atoms with Crippen LogP contribution in [0.4, 0.5) is 0 Å². The fourth-order valence-corrected chi connectivity index (χ4v) is 2.18. The molecule has 12 heteroatoms. The Balaban J connectivity index is -0.00000312. The average molecular weight is 428 g/mol. The zero-order valence-corrected chi connectivity index (χ0v) is 15.4. The molecule has 3 atom stereocenters. The Labute approximate surface area is 165 Å². The summed E-state index contributed by atoms with van der Waals surface area (Å²) >= 11 is 0. The highest BCUT2D eigenvalue weighted by Gasteiger charge is 2.26. The first-order chi connectivity index (χ1) is 12.1. The SMILES string of the molecule is C.C.CCC=CCC(=O)OCC(COP(=O)(O)OCC(N)C(=O)[O-])OC(C)=O. The molecule has 0 aliphatic heterocycles. The number of phosphoric ester groups is 1. The van der Waals surface area contributed by atoms with E-state index in [1.807, 2.05) is 6.92 Å². The molecule has 0 bridgehead atoms. The Bertz CT molecular complexity index is 552. The molecule has 28 heavy (non-hydrogen) atoms. The largest absolute Gasteiger partial charge is 0.548 e. The predicted octanol–water partition coefficient (Wildman–Crippen LogP) is 0.301. The molecule has 0 saturated carbocycles. The summed E-state index contributed by atoms with van der Waals surface area (Å²) in [4.78, 5) is 42.4. The van der Waals surface area contributed by atoms with Crippen LogP contribution in [-0.4, -0.2) is 54.8 Å². The monoisotopic (exact) mass is 428 g/mol. The van der Waals surface area contributed by atoms with E-state index in [4.69, 9.17) is 15.2 Å². The molecule has 0 aliphatic carbocycles. The van der Waals surface area contributed by atoms with Crippen LogP contribution in [0.2, 0.25) is 0 Å². The van der Waals surface area contributed by atoms with Gasteiger partial charge in [0, 0.05) is 6.92 Å². The third kappa shape index (κ3) is 16.4. The Morgan fingerprint density at radius 3 is 2.21 bits per heavy atom. The summed E-state index contributed by atoms with van der Waals surface area (Å²) in [6.45, 7) is 1.12. The molecule has 0 spiro atoms. The van der Waals surface area contributed by atoms with Gasteiger partial charge in [0.15, 0.2) is 6.10 Å². The number of hydrogen-bond acceptors (Lipinski definition) is 10. The summed E-state index contributed by atoms with van der Waals surface area (Å²) in [6.07, 6.45) is 2.99. The number of aliphatic carboxylic acids is 1. The van der Waals surface area contributed by atoms with Gasteiger partial charge in [-0.05, 0) is 6.42 Å². The van der Waals surface area contributed by atoms with Gasteiger partial charge >= 0.3 is 19.8 Å². The molecule has 0 fully saturated rings. The number of carbonyl (C=O) groups excluding carboxylic acids is 3. The lowest BCUT2D eigenvalue weighted by Gasteiger charge is -2.20. The minimum atomic E-state index is -4.67. The molecule has 0 rings (SSSR count). The smallest absolute Gasteiger partial charge is 0.472 e. The average Bonchev–Trinajstić information content (AvgIpc) is 2.55. The van der Waals surface area contributed by atoms with E-state index in [-0.39, 0.29) is 21.3 Å². The number of hydrogen-bond donors (Lipinski definition) is 2. The van der Waals surface area contributed by atoms with Crippen LogP contribution in [0.5, 0.6) is 0 Å². The van der Waals surface area contributed by atoms with E-state index in [1.165, 1.54) is 0 Å². The van der Waals surface area contributed by atoms with Crippen LogP contribution in [-0.2, 0) is 37.5 Å². The lowest BCUT2D eigenvalue weighted by atomic mass is 10.3. The number of allylic oxidation sites excluding steroid dienone is 1. The predicted molar refractivity (Wildman–Crippen MR) is 98.7 cm³/mol. The van der Waals surface area contributed by atoms with Gasteiger partial charge in [-0.15, -0.1) is 0 Å². The molecular weight excluding hydrogens is 397 g/mol. The van der Waals surface area contributed by atoms with Crippen molar-refractivity contribution >= 4 is 25.7 Å². The summed E-state index contributed by atoms with van der Waals surface area (Å²) in [6, 6.07) is -1.62. The van der Waals surface area contributed by atoms with Crippen molar-refractivity contribution in [1.82, 2.24) is 0 Å². The van der Waals surface area contributed by atoms with E-state index in [1.54, 1.807) is 12.2 Å². The van der Waals surface area contributed by atoms with Crippen LogP contribution in [0.15, 0.2) is 12.2 Å². The van der Waals surface area contributed by atoms with Crippen LogP contribution in [0, 0.1) is 0 Å². The van der Waals surface area contributed by atoms with Crippen LogP contribution in [0.3, 0.4) is 0 Å². The zero-order valence-electron chi connectivity index (χ0n) is 14.5. The zero-order chi connectivity index (χ0) is 20.2. The Hall–Kier alpha value is -1.78. The normalized spacial score (nSPS) is 14.7. The van der Waals surface area contributed by atoms with Gasteiger partial charge in [-0.25, -0.2) is 4.57 Å². The number of ether oxygens (including phenoxy) is 2. The maximum Gasteiger partial charge on any atom is 0.472 e. The third-order valence-electron chi connectivity index (χ3n) is 2.59. The Kier molecular flexibility index (Phi) is 17.9. The summed E-state index contributed by atoms with van der Waals surface area (Å²) < 4.78 is 30.3. The van der Waals surface area contributed by atoms with Crippen molar-refractivity contribution in [3.63, 3.8) is 0 Å². The molecule has 11 nitrogen and oxygen atoms in total. The van der Waals surface area contributed by atoms with E-state index in [0.29, 0.717) is 0 Å². The number of rotatable bonds is 13. The number of carbonyl (C=O) groups is 3. The minimum absolute atomic E-state index is 0. The highest BCUT2D eigenvalue weighted by Crippen LogP contribution is 2.43. The van der Waals surface area contributed by atoms with Gasteiger partial charge < -0.3 is 30.0 Å². The van der Waals surface area contributed by atoms with E-state index in [9.17, 15) is 28.9 Å². The molecular formula is C16H31NO10P-. The second kappa shape index (κ2) is 16.2. The first kappa shape index (κ1) is 30.9. The van der Waals surface area contributed by atoms with Gasteiger partial charge in [-0.1, -0.05) is 33.9 Å². The van der Waals surface area contributed by atoms with Gasteiger partial charge in [0.25, 0.3) is 0 Å². The molecule has 0 radical (unpaired) electrons. The van der Waals surface area contributed by atoms with Crippen molar-refractivity contribution in [2.75, 3.05) is 19.8 Å². The maximum atomic E-state index is 11.6. The van der Waals surface area contributed by atoms with Crippen molar-refractivity contribution in [3.8, 4) is 0 Å². The molecule has 0 heterocycles. The fraction of sp³-hybridized carbons (Fsp3) is 0.688. The number of nitrogens with two attached hydrogens (primary N) is 1. The van der Waals surface area contributed by atoms with Crippen molar-refractivity contribution in [3.05, 3.63) is 12.2 Å². The van der Waals surface area contributed by atoms with Crippen LogP contribution in [0.1, 0.15) is 41.5 Å². The Morgan fingerprint density at radius 2 is 1.71 bits per heavy atom. The van der Waals surface area contributed by atoms with Gasteiger partial charge in [0.2, 0.25) is 0 Å². The van der Waals surface area contributed by atoms with Crippen LogP contribution in [0.25, 0.3) is 0 Å². The fourth-order valence-electron chi connectivity index (χ4n) is 1.40. The maximum absolute atomic E-state index is 11.6. The number of carboxylic acid groups (broad SMARTS) is 1. The number of esters is 2. The molecule has 0 amide bonds. The summed E-state index contributed by atoms with van der Waals surface area (Å²) in [7, 11) is -4.67. The van der Waals surface area contributed by atoms with E-state index < -0.39 is 57.7 Å². The third-order valence-corrected chi connectivity index (χ3v) is 3.54. The summed E-state index contributed by atoms with van der Waals surface area (Å²) in [5.41, 5.74) is 5.07. The lowest BCUT2D eigenvalue weighted by molar-refractivity contribution is -0.308. The quantitative estimate of drug-likeness (QED) is 0.234. The van der Waals surface area contributed by atoms with Gasteiger partial charge in [0.1, 0.15) is 6.61 Å². The molecule has 166 valence electrons. The highest BCUT2D eigenvalue weighted by atomic mass is 31.2. The van der Waals surface area contributed by atoms with Gasteiger partial charge in [0.05, 0.1) is 31.6 Å². The number of carboxylic acids is 1. The molecule has 0 aromatic heterocycles. The molecule has 0 aromatic carbocycles. The highest BCUT2D eigenvalue weighted by molar-refractivity contribution is 7.47. The second-order valence-corrected chi connectivity index (χ2v) is 6.44. The second-order valence-electron chi connectivity index (χ2n) is 4.98. The number of phosphoric acid groups is 1. The van der Waals surface area contributed by atoms with Crippen molar-refractivity contribution in [2.45, 2.75) is 53.7 Å². The first-order valence-corrected chi connectivity index (χ1v) is 9.13. The molecule has 0 aromatic rings. The summed E-state index contributed by atoms with van der Waals surface area (Å²) in [5, 5.41) is 10.4. The van der Waals surface area contributed by atoms with Crippen molar-refractivity contribution in [1.29, 1.82) is 0 Å². The van der Waals surface area contributed by atoms with Crippen LogP contribution < -0.4 is 10.8 Å². The van der Waals surface area contributed by atoms with E-state index in [0.717, 1.165) is 13.3 Å². The lowest BCUT2D eigenvalue weighted by Crippen LogP contribution is -2.44. The van der Waals surface area contributed by atoms with Crippen molar-refractivity contribution in [2.24, 2.45) is 5.73 Å². The molecule has 0 saturated heterocycles. The topological polar surface area (TPSA) is 175 Å². The molecule has 3 N–H and O–H groups in total. The van der Waals surface area contributed by atoms with Crippen molar-refractivity contribution < 1.29 is 47.5 Å². The summed E-state index contributed by atoms with van der Waals surface area (Å²) in [5.74, 6) is -2.99. The first-order valence-electron chi connectivity index (χ1n) is 7.63. The molecule has 3 unspecified atom stereocenters. The van der Waals surface area contributed by atoms with Gasteiger partial charge in [-0.3, -0.25) is 18.6 Å². The molecule has 0 aliphatic rings. The standard InChI is InChI=1S/C14H24NO10P.2CH4/c1-3-4-5-6-13(17)22-7-11(25-10(2)16)8-23-26(20,21)24-9-12(15)14(18)19;;/h4-5,11-12H,3,6-9,15H2,1-2H3,(H,18,19)(H,20,21);2*1H4/p-1.